The molecular formula is C20H17Br2Cl2N2O+. The summed E-state index contributed by atoms with van der Waals surface area (Å²) in [7, 11) is 0. The van der Waals surface area contributed by atoms with Gasteiger partial charge in [0.15, 0.2) is 12.2 Å². The van der Waals surface area contributed by atoms with E-state index in [4.69, 9.17) is 23.2 Å². The van der Waals surface area contributed by atoms with E-state index in [0.717, 1.165) is 40.7 Å². The Bertz CT molecular complexity index is 1000. The van der Waals surface area contributed by atoms with Crippen molar-refractivity contribution in [2.75, 3.05) is 0 Å². The predicted octanol–water partition coefficient (Wildman–Crippen LogP) is 5.92. The van der Waals surface area contributed by atoms with Crippen LogP contribution in [0.3, 0.4) is 0 Å². The fourth-order valence-electron chi connectivity index (χ4n) is 3.41. The van der Waals surface area contributed by atoms with Gasteiger partial charge in [0.25, 0.3) is 5.82 Å². The average Bonchev–Trinajstić information content (AvgIpc) is 3.22. The molecule has 7 heteroatoms. The van der Waals surface area contributed by atoms with Crippen molar-refractivity contribution in [2.24, 2.45) is 0 Å². The molecule has 27 heavy (non-hydrogen) atoms. The maximum Gasteiger partial charge on any atom is 0.257 e. The monoisotopic (exact) mass is 529 g/mol. The van der Waals surface area contributed by atoms with Crippen LogP contribution in [0.4, 0.5) is 0 Å². The molecular weight excluding hydrogens is 515 g/mol. The van der Waals surface area contributed by atoms with Crippen LogP contribution in [-0.4, -0.2) is 10.4 Å². The van der Waals surface area contributed by atoms with Crippen molar-refractivity contribution in [3.05, 3.63) is 74.6 Å². The molecule has 0 saturated heterocycles. The van der Waals surface area contributed by atoms with Crippen LogP contribution < -0.4 is 4.57 Å². The Morgan fingerprint density at radius 3 is 2.56 bits per heavy atom. The lowest BCUT2D eigenvalue weighted by Gasteiger charge is -2.01. The number of rotatable bonds is 4. The largest absolute Gasteiger partial charge is 0.290 e. The van der Waals surface area contributed by atoms with Gasteiger partial charge in [-0.15, -0.1) is 17.0 Å². The lowest BCUT2D eigenvalue weighted by atomic mass is 10.1. The number of nitrogens with zero attached hydrogens (tertiary/aromatic N) is 2. The Kier molecular flexibility index (Phi) is 6.46. The summed E-state index contributed by atoms with van der Waals surface area (Å²) in [6.45, 7) is 1.28. The number of hydrogen-bond acceptors (Lipinski definition) is 1. The summed E-state index contributed by atoms with van der Waals surface area (Å²) in [4.78, 5) is 12.7. The Balaban J connectivity index is 0.00000210. The molecule has 1 aliphatic rings. The topological polar surface area (TPSA) is 25.9 Å². The molecule has 2 heterocycles. The molecule has 0 bridgehead atoms. The van der Waals surface area contributed by atoms with E-state index in [1.807, 2.05) is 48.7 Å². The number of halogens is 4. The van der Waals surface area contributed by atoms with Crippen molar-refractivity contribution >= 4 is 61.9 Å². The highest BCUT2D eigenvalue weighted by Gasteiger charge is 2.30. The van der Waals surface area contributed by atoms with Gasteiger partial charge >= 0.3 is 0 Å². The number of imidazole rings is 1. The van der Waals surface area contributed by atoms with E-state index >= 15 is 0 Å². The van der Waals surface area contributed by atoms with Gasteiger partial charge in [-0.2, -0.15) is 0 Å². The molecule has 0 fully saturated rings. The molecule has 2 aromatic carbocycles. The van der Waals surface area contributed by atoms with Gasteiger partial charge in [-0.25, -0.2) is 9.13 Å². The summed E-state index contributed by atoms with van der Waals surface area (Å²) in [6, 6.07) is 13.1. The second-order valence-electron chi connectivity index (χ2n) is 6.37. The van der Waals surface area contributed by atoms with Crippen LogP contribution in [0.25, 0.3) is 11.3 Å². The van der Waals surface area contributed by atoms with Crippen LogP contribution in [-0.2, 0) is 19.5 Å². The summed E-state index contributed by atoms with van der Waals surface area (Å²) in [5, 5.41) is 1.08. The highest BCUT2D eigenvalue weighted by molar-refractivity contribution is 9.10. The van der Waals surface area contributed by atoms with Gasteiger partial charge in [-0.05, 0) is 36.8 Å². The van der Waals surface area contributed by atoms with E-state index in [-0.39, 0.29) is 22.8 Å². The molecule has 0 atom stereocenters. The minimum absolute atomic E-state index is 0. The number of fused-ring (bicyclic) bond motifs is 1. The second kappa shape index (κ2) is 8.48. The Morgan fingerprint density at radius 1 is 1.11 bits per heavy atom. The standard InChI is InChI=1S/C20H16BrCl2N2O.BrH/c21-15-6-3-13(4-7-15)19(26)12-24-11-18(25-9-1-2-20(24)25)14-5-8-16(22)17(23)10-14;/h3-8,10-11H,1-2,9,12H2;1H/q+1;. The minimum Gasteiger partial charge on any atom is -0.290 e. The molecule has 0 spiro atoms. The van der Waals surface area contributed by atoms with Crippen molar-refractivity contribution in [1.29, 1.82) is 0 Å². The normalized spacial score (nSPS) is 12.6. The number of carbonyl (C=O) groups is 1. The maximum absolute atomic E-state index is 12.7. The van der Waals surface area contributed by atoms with E-state index in [2.05, 4.69) is 25.1 Å². The van der Waals surface area contributed by atoms with E-state index in [1.54, 1.807) is 0 Å². The molecule has 1 aromatic heterocycles. The summed E-state index contributed by atoms with van der Waals surface area (Å²) in [5.41, 5.74) is 2.80. The number of benzene rings is 2. The first-order chi connectivity index (χ1) is 12.5. The molecule has 140 valence electrons. The predicted molar refractivity (Wildman–Crippen MR) is 117 cm³/mol. The van der Waals surface area contributed by atoms with Crippen molar-refractivity contribution < 1.29 is 9.36 Å². The quantitative estimate of drug-likeness (QED) is 0.303. The smallest absolute Gasteiger partial charge is 0.257 e. The molecule has 1 aliphatic heterocycles. The second-order valence-corrected chi connectivity index (χ2v) is 8.10. The van der Waals surface area contributed by atoms with Crippen LogP contribution in [0.2, 0.25) is 10.0 Å². The third-order valence-corrected chi connectivity index (χ3v) is 5.96. The lowest BCUT2D eigenvalue weighted by Crippen LogP contribution is -2.40. The summed E-state index contributed by atoms with van der Waals surface area (Å²) < 4.78 is 5.30. The van der Waals surface area contributed by atoms with Gasteiger partial charge in [0.1, 0.15) is 6.20 Å². The first kappa shape index (κ1) is 20.6. The van der Waals surface area contributed by atoms with Crippen molar-refractivity contribution in [1.82, 2.24) is 4.57 Å². The van der Waals surface area contributed by atoms with Crippen LogP contribution in [0.1, 0.15) is 22.6 Å². The maximum atomic E-state index is 12.7. The average molecular weight is 532 g/mol. The van der Waals surface area contributed by atoms with Crippen LogP contribution in [0.15, 0.2) is 53.1 Å². The lowest BCUT2D eigenvalue weighted by molar-refractivity contribution is -0.689. The fourth-order valence-corrected chi connectivity index (χ4v) is 3.98. The zero-order valence-electron chi connectivity index (χ0n) is 14.3. The van der Waals surface area contributed by atoms with E-state index in [0.29, 0.717) is 16.6 Å². The number of Topliss-reactive ketones (excluding diaryl/α,β-unsaturated/α-hetero) is 1. The van der Waals surface area contributed by atoms with Gasteiger partial charge in [-0.3, -0.25) is 4.79 Å². The van der Waals surface area contributed by atoms with Crippen LogP contribution in [0.5, 0.6) is 0 Å². The first-order valence-corrected chi connectivity index (χ1v) is 9.94. The third-order valence-electron chi connectivity index (χ3n) is 4.69. The molecule has 3 nitrogen and oxygen atoms in total. The molecule has 0 N–H and O–H groups in total. The van der Waals surface area contributed by atoms with Gasteiger partial charge in [0, 0.05) is 15.6 Å². The highest BCUT2D eigenvalue weighted by atomic mass is 79.9. The van der Waals surface area contributed by atoms with Gasteiger partial charge in [-0.1, -0.05) is 51.3 Å². The van der Waals surface area contributed by atoms with E-state index < -0.39 is 0 Å². The molecule has 0 aliphatic carbocycles. The number of carbonyl (C=O) groups excluding carboxylic acids is 1. The Morgan fingerprint density at radius 2 is 1.85 bits per heavy atom. The Hall–Kier alpha value is -1.14. The summed E-state index contributed by atoms with van der Waals surface area (Å²) in [6.07, 6.45) is 4.09. The zero-order chi connectivity index (χ0) is 18.3. The van der Waals surface area contributed by atoms with Gasteiger partial charge in [0.2, 0.25) is 5.78 Å². The molecule has 0 saturated carbocycles. The van der Waals surface area contributed by atoms with Crippen molar-refractivity contribution in [2.45, 2.75) is 25.9 Å². The molecule has 3 aromatic rings. The fraction of sp³-hybridized carbons (Fsp3) is 0.200. The van der Waals surface area contributed by atoms with Crippen LogP contribution >= 0.6 is 56.1 Å². The number of ketones is 1. The highest BCUT2D eigenvalue weighted by Crippen LogP contribution is 2.30. The molecule has 0 radical (unpaired) electrons. The zero-order valence-corrected chi connectivity index (χ0v) is 19.1. The number of aromatic nitrogens is 2. The third kappa shape index (κ3) is 4.16. The summed E-state index contributed by atoms with van der Waals surface area (Å²) >= 11 is 15.6. The van der Waals surface area contributed by atoms with Crippen molar-refractivity contribution in [3.8, 4) is 11.3 Å². The van der Waals surface area contributed by atoms with Gasteiger partial charge in [0.05, 0.1) is 23.0 Å². The van der Waals surface area contributed by atoms with E-state index in [1.165, 1.54) is 5.82 Å². The molecule has 4 rings (SSSR count). The first-order valence-electron chi connectivity index (χ1n) is 8.39. The van der Waals surface area contributed by atoms with Crippen LogP contribution in [0, 0.1) is 0 Å². The summed E-state index contributed by atoms with van der Waals surface area (Å²) in [5.74, 6) is 1.28. The Labute approximate surface area is 186 Å². The molecule has 0 amide bonds. The molecule has 0 unspecified atom stereocenters. The minimum atomic E-state index is 0. The number of hydrogen-bond donors (Lipinski definition) is 0. The SMILES string of the molecule is Br.O=C(C[n+]1cc(-c2ccc(Cl)c(Cl)c2)n2c1CCC2)c1ccc(Br)cc1. The van der Waals surface area contributed by atoms with Gasteiger partial charge < -0.3 is 0 Å². The van der Waals surface area contributed by atoms with E-state index in [9.17, 15) is 4.79 Å². The van der Waals surface area contributed by atoms with Crippen molar-refractivity contribution in [3.63, 3.8) is 0 Å².